The van der Waals surface area contributed by atoms with Gasteiger partial charge in [0.25, 0.3) is 0 Å². The number of halogens is 1. The molecular weight excluding hydrogens is 300 g/mol. The molecule has 0 radical (unpaired) electrons. The standard InChI is InChI=1S/C16H19BrN2/c17-11-14(13-6-2-1-3-7-13)10-15-12-19-9-5-4-8-16(19)18-15/h4-5,8-10,12-13H,1-3,6-7,11H2. The summed E-state index contributed by atoms with van der Waals surface area (Å²) in [6, 6.07) is 6.11. The lowest BCUT2D eigenvalue weighted by Gasteiger charge is -2.23. The summed E-state index contributed by atoms with van der Waals surface area (Å²) in [5.74, 6) is 0.748. The molecule has 3 rings (SSSR count). The maximum atomic E-state index is 4.66. The van der Waals surface area contributed by atoms with Crippen molar-refractivity contribution in [3.05, 3.63) is 41.9 Å². The Bertz CT molecular complexity index is 546. The van der Waals surface area contributed by atoms with Gasteiger partial charge in [-0.3, -0.25) is 0 Å². The summed E-state index contributed by atoms with van der Waals surface area (Å²) in [6.45, 7) is 0. The second-order valence-electron chi connectivity index (χ2n) is 5.32. The van der Waals surface area contributed by atoms with Gasteiger partial charge >= 0.3 is 0 Å². The van der Waals surface area contributed by atoms with E-state index in [1.165, 1.54) is 37.7 Å². The van der Waals surface area contributed by atoms with Crippen molar-refractivity contribution in [3.8, 4) is 0 Å². The first-order valence-electron chi connectivity index (χ1n) is 7.07. The largest absolute Gasteiger partial charge is 0.306 e. The minimum atomic E-state index is 0.748. The molecule has 0 N–H and O–H groups in total. The van der Waals surface area contributed by atoms with Crippen molar-refractivity contribution in [2.45, 2.75) is 32.1 Å². The van der Waals surface area contributed by atoms with E-state index in [1.807, 2.05) is 24.4 Å². The van der Waals surface area contributed by atoms with Gasteiger partial charge in [-0.25, -0.2) is 4.98 Å². The first-order chi connectivity index (χ1) is 9.36. The van der Waals surface area contributed by atoms with Crippen molar-refractivity contribution >= 4 is 27.7 Å². The van der Waals surface area contributed by atoms with Gasteiger partial charge in [0.05, 0.1) is 5.69 Å². The van der Waals surface area contributed by atoms with Gasteiger partial charge in [-0.15, -0.1) is 0 Å². The summed E-state index contributed by atoms with van der Waals surface area (Å²) in [7, 11) is 0. The highest BCUT2D eigenvalue weighted by Crippen LogP contribution is 2.31. The van der Waals surface area contributed by atoms with E-state index in [-0.39, 0.29) is 0 Å². The van der Waals surface area contributed by atoms with Gasteiger partial charge in [0.15, 0.2) is 0 Å². The Kier molecular flexibility index (Phi) is 4.02. The number of imidazole rings is 1. The van der Waals surface area contributed by atoms with Crippen molar-refractivity contribution in [1.82, 2.24) is 9.38 Å². The van der Waals surface area contributed by atoms with Gasteiger partial charge in [0.1, 0.15) is 5.65 Å². The first-order valence-corrected chi connectivity index (χ1v) is 8.19. The van der Waals surface area contributed by atoms with Crippen molar-refractivity contribution in [1.29, 1.82) is 0 Å². The molecule has 2 aromatic heterocycles. The molecule has 0 aliphatic heterocycles. The number of fused-ring (bicyclic) bond motifs is 1. The smallest absolute Gasteiger partial charge is 0.137 e. The predicted molar refractivity (Wildman–Crippen MR) is 83.5 cm³/mol. The lowest BCUT2D eigenvalue weighted by Crippen LogP contribution is -2.10. The number of alkyl halides is 1. The SMILES string of the molecule is BrCC(=Cc1cn2ccccc2n1)C1CCCCC1. The van der Waals surface area contributed by atoms with Crippen LogP contribution in [0.3, 0.4) is 0 Å². The predicted octanol–water partition coefficient (Wildman–Crippen LogP) is 4.69. The zero-order valence-corrected chi connectivity index (χ0v) is 12.6. The molecule has 0 atom stereocenters. The van der Waals surface area contributed by atoms with E-state index in [0.717, 1.165) is 22.6 Å². The molecule has 2 heterocycles. The minimum Gasteiger partial charge on any atom is -0.306 e. The third kappa shape index (κ3) is 2.92. The van der Waals surface area contributed by atoms with E-state index in [9.17, 15) is 0 Å². The number of rotatable bonds is 3. The zero-order valence-electron chi connectivity index (χ0n) is 11.1. The van der Waals surface area contributed by atoms with Crippen LogP contribution in [0.1, 0.15) is 37.8 Å². The molecule has 0 saturated heterocycles. The molecule has 1 aliphatic carbocycles. The summed E-state index contributed by atoms with van der Waals surface area (Å²) >= 11 is 3.65. The van der Waals surface area contributed by atoms with Crippen LogP contribution >= 0.6 is 15.9 Å². The Morgan fingerprint density at radius 3 is 2.89 bits per heavy atom. The molecule has 1 saturated carbocycles. The number of aromatic nitrogens is 2. The number of pyridine rings is 1. The van der Waals surface area contributed by atoms with Crippen LogP contribution in [0.5, 0.6) is 0 Å². The van der Waals surface area contributed by atoms with Crippen LogP contribution in [0.25, 0.3) is 11.7 Å². The van der Waals surface area contributed by atoms with Crippen LogP contribution in [0.2, 0.25) is 0 Å². The molecule has 0 spiro atoms. The monoisotopic (exact) mass is 318 g/mol. The highest BCUT2D eigenvalue weighted by molar-refractivity contribution is 9.09. The fourth-order valence-electron chi connectivity index (χ4n) is 2.95. The molecule has 100 valence electrons. The van der Waals surface area contributed by atoms with Crippen LogP contribution in [-0.2, 0) is 0 Å². The molecule has 0 bridgehead atoms. The normalized spacial score (nSPS) is 18.1. The van der Waals surface area contributed by atoms with E-state index in [2.05, 4.69) is 37.6 Å². The molecular formula is C16H19BrN2. The first kappa shape index (κ1) is 12.9. The van der Waals surface area contributed by atoms with Crippen LogP contribution in [0, 0.1) is 5.92 Å². The van der Waals surface area contributed by atoms with Gasteiger partial charge < -0.3 is 4.40 Å². The molecule has 1 aliphatic rings. The zero-order chi connectivity index (χ0) is 13.1. The lowest BCUT2D eigenvalue weighted by molar-refractivity contribution is 0.405. The van der Waals surface area contributed by atoms with Gasteiger partial charge in [0, 0.05) is 17.7 Å². The summed E-state index contributed by atoms with van der Waals surface area (Å²) in [5.41, 5.74) is 3.60. The number of allylic oxidation sites excluding steroid dienone is 1. The van der Waals surface area contributed by atoms with Crippen molar-refractivity contribution in [3.63, 3.8) is 0 Å². The second-order valence-corrected chi connectivity index (χ2v) is 5.88. The highest BCUT2D eigenvalue weighted by atomic mass is 79.9. The molecule has 1 fully saturated rings. The van der Waals surface area contributed by atoms with Gasteiger partial charge in [0.2, 0.25) is 0 Å². The van der Waals surface area contributed by atoms with Crippen LogP contribution in [-0.4, -0.2) is 14.7 Å². The van der Waals surface area contributed by atoms with Crippen molar-refractivity contribution < 1.29 is 0 Å². The van der Waals surface area contributed by atoms with Gasteiger partial charge in [-0.05, 0) is 37.0 Å². The summed E-state index contributed by atoms with van der Waals surface area (Å²) in [4.78, 5) is 4.66. The molecule has 0 amide bonds. The fourth-order valence-corrected chi connectivity index (χ4v) is 3.57. The average Bonchev–Trinajstić information content (AvgIpc) is 2.88. The van der Waals surface area contributed by atoms with E-state index in [1.54, 1.807) is 0 Å². The Morgan fingerprint density at radius 1 is 1.32 bits per heavy atom. The molecule has 2 aromatic rings. The lowest BCUT2D eigenvalue weighted by atomic mass is 9.84. The van der Waals surface area contributed by atoms with Crippen LogP contribution in [0.4, 0.5) is 0 Å². The van der Waals surface area contributed by atoms with Crippen LogP contribution in [0.15, 0.2) is 36.2 Å². The van der Waals surface area contributed by atoms with Gasteiger partial charge in [-0.1, -0.05) is 46.8 Å². The third-order valence-electron chi connectivity index (χ3n) is 4.00. The van der Waals surface area contributed by atoms with Crippen molar-refractivity contribution in [2.24, 2.45) is 5.92 Å². The third-order valence-corrected chi connectivity index (χ3v) is 4.65. The summed E-state index contributed by atoms with van der Waals surface area (Å²) < 4.78 is 2.08. The van der Waals surface area contributed by atoms with E-state index >= 15 is 0 Å². The number of hydrogen-bond acceptors (Lipinski definition) is 1. The average molecular weight is 319 g/mol. The maximum absolute atomic E-state index is 4.66. The molecule has 0 unspecified atom stereocenters. The van der Waals surface area contributed by atoms with Crippen LogP contribution < -0.4 is 0 Å². The topological polar surface area (TPSA) is 17.3 Å². The fraction of sp³-hybridized carbons (Fsp3) is 0.438. The quantitative estimate of drug-likeness (QED) is 0.750. The molecule has 2 nitrogen and oxygen atoms in total. The molecule has 19 heavy (non-hydrogen) atoms. The summed E-state index contributed by atoms with van der Waals surface area (Å²) in [5, 5.41) is 0.964. The number of hydrogen-bond donors (Lipinski definition) is 0. The molecule has 0 aromatic carbocycles. The Balaban J connectivity index is 1.88. The Labute approximate surface area is 122 Å². The minimum absolute atomic E-state index is 0.748. The van der Waals surface area contributed by atoms with E-state index in [0.29, 0.717) is 0 Å². The van der Waals surface area contributed by atoms with Crippen molar-refractivity contribution in [2.75, 3.05) is 5.33 Å². The Morgan fingerprint density at radius 2 is 2.16 bits per heavy atom. The molecule has 3 heteroatoms. The Hall–Kier alpha value is -1.09. The number of nitrogens with zero attached hydrogens (tertiary/aromatic N) is 2. The van der Waals surface area contributed by atoms with Gasteiger partial charge in [-0.2, -0.15) is 0 Å². The maximum Gasteiger partial charge on any atom is 0.137 e. The summed E-state index contributed by atoms with van der Waals surface area (Å²) in [6.07, 6.45) is 13.3. The van der Waals surface area contributed by atoms with E-state index < -0.39 is 0 Å². The second kappa shape index (κ2) is 5.91. The highest BCUT2D eigenvalue weighted by Gasteiger charge is 2.17. The van der Waals surface area contributed by atoms with E-state index in [4.69, 9.17) is 0 Å².